The third-order valence-electron chi connectivity index (χ3n) is 3.83. The van der Waals surface area contributed by atoms with E-state index in [0.29, 0.717) is 5.92 Å². The number of carbonyl (C=O) groups is 1. The Kier molecular flexibility index (Phi) is 6.96. The third kappa shape index (κ3) is 4.46. The second kappa shape index (κ2) is 8.22. The van der Waals surface area contributed by atoms with E-state index in [1.807, 2.05) is 17.0 Å². The summed E-state index contributed by atoms with van der Waals surface area (Å²) in [5, 5.41) is 0. The van der Waals surface area contributed by atoms with Crippen molar-refractivity contribution in [2.75, 3.05) is 19.6 Å². The Morgan fingerprint density at radius 2 is 2.15 bits per heavy atom. The fourth-order valence-electron chi connectivity index (χ4n) is 2.72. The van der Waals surface area contributed by atoms with Gasteiger partial charge < -0.3 is 10.6 Å². The van der Waals surface area contributed by atoms with Crippen molar-refractivity contribution >= 4 is 18.3 Å². The number of nitrogens with two attached hydrogens (primary N) is 1. The first-order valence-corrected chi connectivity index (χ1v) is 6.92. The van der Waals surface area contributed by atoms with Crippen LogP contribution in [0.3, 0.4) is 0 Å². The minimum Gasteiger partial charge on any atom is -0.341 e. The molecule has 2 rings (SSSR count). The molecular formula is C15H22ClFN2O. The molecule has 0 radical (unpaired) electrons. The summed E-state index contributed by atoms with van der Waals surface area (Å²) in [7, 11) is 0. The van der Waals surface area contributed by atoms with E-state index in [2.05, 4.69) is 0 Å². The molecule has 1 amide bonds. The van der Waals surface area contributed by atoms with E-state index >= 15 is 0 Å². The maximum Gasteiger partial charge on any atom is 0.236 e. The first-order valence-electron chi connectivity index (χ1n) is 6.92. The van der Waals surface area contributed by atoms with Crippen LogP contribution in [0.4, 0.5) is 4.39 Å². The van der Waals surface area contributed by atoms with Gasteiger partial charge in [0.25, 0.3) is 0 Å². The molecule has 3 nitrogen and oxygen atoms in total. The number of piperidine rings is 1. The maximum atomic E-state index is 13.5. The van der Waals surface area contributed by atoms with Crippen LogP contribution >= 0.6 is 12.4 Å². The molecule has 0 bridgehead atoms. The first kappa shape index (κ1) is 16.9. The van der Waals surface area contributed by atoms with Gasteiger partial charge in [0, 0.05) is 13.1 Å². The highest BCUT2D eigenvalue weighted by Gasteiger charge is 2.22. The summed E-state index contributed by atoms with van der Waals surface area (Å²) < 4.78 is 13.5. The van der Waals surface area contributed by atoms with E-state index in [4.69, 9.17) is 5.73 Å². The minimum absolute atomic E-state index is 0. The highest BCUT2D eigenvalue weighted by molar-refractivity contribution is 5.85. The fourth-order valence-corrected chi connectivity index (χ4v) is 2.72. The van der Waals surface area contributed by atoms with Crippen molar-refractivity contribution in [2.24, 2.45) is 11.7 Å². The Hall–Kier alpha value is -1.13. The van der Waals surface area contributed by atoms with Gasteiger partial charge in [-0.3, -0.25) is 4.79 Å². The summed E-state index contributed by atoms with van der Waals surface area (Å²) in [6.07, 6.45) is 3.80. The molecule has 0 spiro atoms. The van der Waals surface area contributed by atoms with E-state index in [9.17, 15) is 9.18 Å². The summed E-state index contributed by atoms with van der Waals surface area (Å²) in [5.74, 6) is 0.354. The standard InChI is InChI=1S/C15H21FN2O.ClH/c16-14-6-2-1-5-13(14)8-7-12-4-3-9-18(11-12)15(19)10-17;/h1-2,5-6,12H,3-4,7-11,17H2;1H. The van der Waals surface area contributed by atoms with Gasteiger partial charge in [0.1, 0.15) is 5.82 Å². The Morgan fingerprint density at radius 1 is 1.40 bits per heavy atom. The smallest absolute Gasteiger partial charge is 0.236 e. The Morgan fingerprint density at radius 3 is 2.85 bits per heavy atom. The van der Waals surface area contributed by atoms with E-state index in [0.717, 1.165) is 44.3 Å². The average molecular weight is 301 g/mol. The third-order valence-corrected chi connectivity index (χ3v) is 3.83. The lowest BCUT2D eigenvalue weighted by atomic mass is 9.91. The minimum atomic E-state index is -0.131. The highest BCUT2D eigenvalue weighted by atomic mass is 35.5. The van der Waals surface area contributed by atoms with Gasteiger partial charge >= 0.3 is 0 Å². The first-order chi connectivity index (χ1) is 9.20. The van der Waals surface area contributed by atoms with E-state index in [-0.39, 0.29) is 30.7 Å². The van der Waals surface area contributed by atoms with Gasteiger partial charge in [0.2, 0.25) is 5.91 Å². The zero-order chi connectivity index (χ0) is 13.7. The van der Waals surface area contributed by atoms with E-state index < -0.39 is 0 Å². The predicted molar refractivity (Wildman–Crippen MR) is 80.3 cm³/mol. The summed E-state index contributed by atoms with van der Waals surface area (Å²) in [6, 6.07) is 6.91. The van der Waals surface area contributed by atoms with Crippen LogP contribution < -0.4 is 5.73 Å². The predicted octanol–water partition coefficient (Wildman–Crippen LogP) is 2.38. The van der Waals surface area contributed by atoms with Crippen molar-refractivity contribution < 1.29 is 9.18 Å². The molecule has 0 aliphatic carbocycles. The molecule has 1 aromatic carbocycles. The molecule has 1 heterocycles. The largest absolute Gasteiger partial charge is 0.341 e. The van der Waals surface area contributed by atoms with Gasteiger partial charge in [0.05, 0.1) is 6.54 Å². The number of amides is 1. The molecule has 1 aliphatic heterocycles. The number of aryl methyl sites for hydroxylation is 1. The van der Waals surface area contributed by atoms with Crippen LogP contribution in [0.5, 0.6) is 0 Å². The molecule has 20 heavy (non-hydrogen) atoms. The summed E-state index contributed by atoms with van der Waals surface area (Å²) in [5.41, 5.74) is 6.16. The van der Waals surface area contributed by atoms with Crippen LogP contribution in [-0.2, 0) is 11.2 Å². The van der Waals surface area contributed by atoms with Crippen LogP contribution in [0.2, 0.25) is 0 Å². The second-order valence-electron chi connectivity index (χ2n) is 5.18. The molecule has 0 aromatic heterocycles. The van der Waals surface area contributed by atoms with Crippen molar-refractivity contribution in [1.82, 2.24) is 4.90 Å². The maximum absolute atomic E-state index is 13.5. The SMILES string of the molecule is Cl.NCC(=O)N1CCCC(CCc2ccccc2F)C1. The molecule has 5 heteroatoms. The normalized spacial score (nSPS) is 18.5. The van der Waals surface area contributed by atoms with Gasteiger partial charge in [-0.1, -0.05) is 18.2 Å². The Bertz CT molecular complexity index is 442. The summed E-state index contributed by atoms with van der Waals surface area (Å²) in [4.78, 5) is 13.4. The van der Waals surface area contributed by atoms with Crippen molar-refractivity contribution in [3.05, 3.63) is 35.6 Å². The molecular weight excluding hydrogens is 279 g/mol. The van der Waals surface area contributed by atoms with E-state index in [1.54, 1.807) is 6.07 Å². The van der Waals surface area contributed by atoms with Gasteiger partial charge in [-0.15, -0.1) is 12.4 Å². The molecule has 1 fully saturated rings. The molecule has 0 saturated carbocycles. The lowest BCUT2D eigenvalue weighted by Gasteiger charge is -2.32. The molecule has 1 aromatic rings. The van der Waals surface area contributed by atoms with Gasteiger partial charge in [-0.05, 0) is 43.2 Å². The highest BCUT2D eigenvalue weighted by Crippen LogP contribution is 2.22. The molecule has 1 saturated heterocycles. The van der Waals surface area contributed by atoms with Gasteiger partial charge in [-0.2, -0.15) is 0 Å². The Labute approximate surface area is 125 Å². The van der Waals surface area contributed by atoms with Crippen LogP contribution in [0.25, 0.3) is 0 Å². The van der Waals surface area contributed by atoms with Gasteiger partial charge in [0.15, 0.2) is 0 Å². The van der Waals surface area contributed by atoms with Crippen LogP contribution in [-0.4, -0.2) is 30.4 Å². The molecule has 1 aliphatic rings. The molecule has 2 N–H and O–H groups in total. The summed E-state index contributed by atoms with van der Waals surface area (Å²) in [6.45, 7) is 1.66. The number of hydrogen-bond donors (Lipinski definition) is 1. The van der Waals surface area contributed by atoms with Crippen LogP contribution in [0, 0.1) is 11.7 Å². The van der Waals surface area contributed by atoms with Crippen molar-refractivity contribution in [1.29, 1.82) is 0 Å². The van der Waals surface area contributed by atoms with Crippen molar-refractivity contribution in [3.63, 3.8) is 0 Å². The van der Waals surface area contributed by atoms with Crippen LogP contribution in [0.1, 0.15) is 24.8 Å². The monoisotopic (exact) mass is 300 g/mol. The zero-order valence-corrected chi connectivity index (χ0v) is 12.4. The summed E-state index contributed by atoms with van der Waals surface area (Å²) >= 11 is 0. The molecule has 112 valence electrons. The van der Waals surface area contributed by atoms with Crippen molar-refractivity contribution in [2.45, 2.75) is 25.7 Å². The number of carbonyl (C=O) groups excluding carboxylic acids is 1. The second-order valence-corrected chi connectivity index (χ2v) is 5.18. The number of hydrogen-bond acceptors (Lipinski definition) is 2. The van der Waals surface area contributed by atoms with E-state index in [1.165, 1.54) is 6.07 Å². The van der Waals surface area contributed by atoms with Gasteiger partial charge in [-0.25, -0.2) is 4.39 Å². The number of rotatable bonds is 4. The lowest BCUT2D eigenvalue weighted by Crippen LogP contribution is -2.43. The van der Waals surface area contributed by atoms with Crippen molar-refractivity contribution in [3.8, 4) is 0 Å². The average Bonchev–Trinajstić information content (AvgIpc) is 2.46. The topological polar surface area (TPSA) is 46.3 Å². The lowest BCUT2D eigenvalue weighted by molar-refractivity contribution is -0.131. The Balaban J connectivity index is 0.00000200. The number of benzene rings is 1. The molecule has 1 atom stereocenters. The zero-order valence-electron chi connectivity index (χ0n) is 11.6. The number of likely N-dealkylation sites (tertiary alicyclic amines) is 1. The quantitative estimate of drug-likeness (QED) is 0.928. The number of halogens is 2. The molecule has 1 unspecified atom stereocenters. The number of nitrogens with zero attached hydrogens (tertiary/aromatic N) is 1. The fraction of sp³-hybridized carbons (Fsp3) is 0.533. The van der Waals surface area contributed by atoms with Crippen LogP contribution in [0.15, 0.2) is 24.3 Å².